The van der Waals surface area contributed by atoms with Gasteiger partial charge in [-0.15, -0.1) is 0 Å². The van der Waals surface area contributed by atoms with E-state index in [1.54, 1.807) is 14.2 Å². The molecular formula is C13H23N3O2. The van der Waals surface area contributed by atoms with E-state index in [9.17, 15) is 0 Å². The van der Waals surface area contributed by atoms with Crippen molar-refractivity contribution in [2.45, 2.75) is 31.5 Å². The van der Waals surface area contributed by atoms with Crippen molar-refractivity contribution in [2.24, 2.45) is 0 Å². The van der Waals surface area contributed by atoms with Crippen LogP contribution in [0.25, 0.3) is 0 Å². The molecule has 5 heteroatoms. The van der Waals surface area contributed by atoms with E-state index in [-0.39, 0.29) is 5.54 Å². The smallest absolute Gasteiger partial charge is 0.122 e. The van der Waals surface area contributed by atoms with Crippen LogP contribution in [0, 0.1) is 0 Å². The molecule has 1 aliphatic rings. The van der Waals surface area contributed by atoms with Gasteiger partial charge in [0.15, 0.2) is 0 Å². The van der Waals surface area contributed by atoms with E-state index in [1.165, 1.54) is 12.8 Å². The summed E-state index contributed by atoms with van der Waals surface area (Å²) >= 11 is 0. The Hall–Kier alpha value is -0.910. The van der Waals surface area contributed by atoms with Gasteiger partial charge in [-0.1, -0.05) is 0 Å². The van der Waals surface area contributed by atoms with Gasteiger partial charge in [0.2, 0.25) is 0 Å². The molecule has 0 aromatic carbocycles. The molecule has 1 saturated carbocycles. The average molecular weight is 253 g/mol. The number of hydrogen-bond acceptors (Lipinski definition) is 4. The molecule has 0 N–H and O–H groups in total. The normalized spacial score (nSPS) is 17.3. The Balaban J connectivity index is 1.94. The van der Waals surface area contributed by atoms with E-state index in [4.69, 9.17) is 9.47 Å². The van der Waals surface area contributed by atoms with Gasteiger partial charge in [-0.25, -0.2) is 4.98 Å². The molecule has 0 bridgehead atoms. The van der Waals surface area contributed by atoms with Crippen LogP contribution in [0.1, 0.15) is 18.7 Å². The first-order chi connectivity index (χ1) is 8.72. The molecule has 0 aliphatic heterocycles. The summed E-state index contributed by atoms with van der Waals surface area (Å²) in [5.41, 5.74) is 0.243. The third-order valence-corrected chi connectivity index (χ3v) is 3.77. The van der Waals surface area contributed by atoms with E-state index in [0.29, 0.717) is 0 Å². The van der Waals surface area contributed by atoms with Gasteiger partial charge in [0.1, 0.15) is 5.82 Å². The number of hydrogen-bond donors (Lipinski definition) is 0. The molecule has 1 fully saturated rings. The van der Waals surface area contributed by atoms with Crippen LogP contribution in [0.5, 0.6) is 0 Å². The SMILES string of the molecule is COCCn1ccnc1CN(C)C1(COC)CC1. The highest BCUT2D eigenvalue weighted by molar-refractivity contribution is 5.05. The summed E-state index contributed by atoms with van der Waals surface area (Å²) < 4.78 is 12.6. The quantitative estimate of drug-likeness (QED) is 0.696. The molecule has 1 heterocycles. The summed E-state index contributed by atoms with van der Waals surface area (Å²) in [6.45, 7) is 3.25. The van der Waals surface area contributed by atoms with Crippen molar-refractivity contribution >= 4 is 0 Å². The minimum Gasteiger partial charge on any atom is -0.383 e. The van der Waals surface area contributed by atoms with Gasteiger partial charge in [0, 0.05) is 38.7 Å². The monoisotopic (exact) mass is 253 g/mol. The number of ether oxygens (including phenoxy) is 2. The Morgan fingerprint density at radius 1 is 1.39 bits per heavy atom. The Kier molecular flexibility index (Phi) is 4.37. The first kappa shape index (κ1) is 13.5. The first-order valence-electron chi connectivity index (χ1n) is 6.41. The van der Waals surface area contributed by atoms with Crippen LogP contribution in [0.15, 0.2) is 12.4 Å². The lowest BCUT2D eigenvalue weighted by atomic mass is 10.2. The van der Waals surface area contributed by atoms with Crippen LogP contribution in [0.4, 0.5) is 0 Å². The second kappa shape index (κ2) is 5.82. The number of likely N-dealkylation sites (N-methyl/N-ethyl adjacent to an activating group) is 1. The lowest BCUT2D eigenvalue weighted by molar-refractivity contribution is 0.0846. The van der Waals surface area contributed by atoms with Crippen molar-refractivity contribution < 1.29 is 9.47 Å². The number of methoxy groups -OCH3 is 2. The van der Waals surface area contributed by atoms with E-state index in [2.05, 4.69) is 21.5 Å². The molecule has 0 amide bonds. The largest absolute Gasteiger partial charge is 0.383 e. The molecule has 1 aromatic rings. The highest BCUT2D eigenvalue weighted by Gasteiger charge is 2.46. The van der Waals surface area contributed by atoms with Crippen molar-refractivity contribution in [3.8, 4) is 0 Å². The number of rotatable bonds is 8. The van der Waals surface area contributed by atoms with Crippen LogP contribution < -0.4 is 0 Å². The number of nitrogens with zero attached hydrogens (tertiary/aromatic N) is 3. The second-order valence-electron chi connectivity index (χ2n) is 5.04. The molecular weight excluding hydrogens is 230 g/mol. The van der Waals surface area contributed by atoms with Gasteiger partial charge in [-0.05, 0) is 19.9 Å². The van der Waals surface area contributed by atoms with E-state index >= 15 is 0 Å². The Bertz CT molecular complexity index is 374. The lowest BCUT2D eigenvalue weighted by Gasteiger charge is -2.27. The van der Waals surface area contributed by atoms with Crippen LogP contribution in [0.2, 0.25) is 0 Å². The van der Waals surface area contributed by atoms with Crippen LogP contribution >= 0.6 is 0 Å². The van der Waals surface area contributed by atoms with Gasteiger partial charge in [0.25, 0.3) is 0 Å². The maximum absolute atomic E-state index is 5.32. The predicted molar refractivity (Wildman–Crippen MR) is 69.4 cm³/mol. The van der Waals surface area contributed by atoms with E-state index < -0.39 is 0 Å². The van der Waals surface area contributed by atoms with Crippen molar-refractivity contribution in [1.82, 2.24) is 14.5 Å². The molecule has 1 aromatic heterocycles. The molecule has 18 heavy (non-hydrogen) atoms. The predicted octanol–water partition coefficient (Wildman–Crippen LogP) is 1.14. The molecule has 0 unspecified atom stereocenters. The maximum atomic E-state index is 5.32. The van der Waals surface area contributed by atoms with Crippen LogP contribution in [0.3, 0.4) is 0 Å². The zero-order valence-electron chi connectivity index (χ0n) is 11.6. The Morgan fingerprint density at radius 2 is 2.17 bits per heavy atom. The van der Waals surface area contributed by atoms with Gasteiger partial charge in [0.05, 0.1) is 19.8 Å². The summed E-state index contributed by atoms with van der Waals surface area (Å²) in [6.07, 6.45) is 6.30. The van der Waals surface area contributed by atoms with Crippen molar-refractivity contribution in [1.29, 1.82) is 0 Å². The third kappa shape index (κ3) is 2.91. The van der Waals surface area contributed by atoms with Gasteiger partial charge in [-0.3, -0.25) is 4.90 Å². The molecule has 0 atom stereocenters. The van der Waals surface area contributed by atoms with Gasteiger partial charge in [-0.2, -0.15) is 0 Å². The van der Waals surface area contributed by atoms with Gasteiger partial charge >= 0.3 is 0 Å². The van der Waals surface area contributed by atoms with Crippen molar-refractivity contribution in [3.63, 3.8) is 0 Å². The van der Waals surface area contributed by atoms with Crippen molar-refractivity contribution in [3.05, 3.63) is 18.2 Å². The fourth-order valence-corrected chi connectivity index (χ4v) is 2.31. The summed E-state index contributed by atoms with van der Waals surface area (Å²) in [4.78, 5) is 6.80. The Morgan fingerprint density at radius 3 is 2.78 bits per heavy atom. The van der Waals surface area contributed by atoms with E-state index in [0.717, 1.165) is 32.1 Å². The molecule has 102 valence electrons. The molecule has 2 rings (SSSR count). The zero-order valence-corrected chi connectivity index (χ0v) is 11.6. The summed E-state index contributed by atoms with van der Waals surface area (Å²) in [6, 6.07) is 0. The third-order valence-electron chi connectivity index (χ3n) is 3.77. The standard InChI is InChI=1S/C13H23N3O2/c1-15(13(4-5-13)11-18-3)10-12-14-6-7-16(12)8-9-17-2/h6-7H,4-5,8-11H2,1-3H3. The minimum absolute atomic E-state index is 0.243. The maximum Gasteiger partial charge on any atom is 0.122 e. The molecule has 1 aliphatic carbocycles. The van der Waals surface area contributed by atoms with E-state index in [1.807, 2.05) is 12.4 Å². The summed E-state index contributed by atoms with van der Waals surface area (Å²) in [7, 11) is 5.65. The molecule has 0 spiro atoms. The van der Waals surface area contributed by atoms with Crippen LogP contribution in [-0.2, 0) is 22.6 Å². The molecule has 5 nitrogen and oxygen atoms in total. The highest BCUT2D eigenvalue weighted by Crippen LogP contribution is 2.41. The Labute approximate surface area is 109 Å². The fourth-order valence-electron chi connectivity index (χ4n) is 2.31. The second-order valence-corrected chi connectivity index (χ2v) is 5.04. The summed E-state index contributed by atoms with van der Waals surface area (Å²) in [5, 5.41) is 0. The lowest BCUT2D eigenvalue weighted by Crippen LogP contribution is -2.37. The number of aromatic nitrogens is 2. The highest BCUT2D eigenvalue weighted by atomic mass is 16.5. The van der Waals surface area contributed by atoms with Crippen molar-refractivity contribution in [2.75, 3.05) is 34.5 Å². The zero-order chi connectivity index (χ0) is 13.0. The van der Waals surface area contributed by atoms with Gasteiger partial charge < -0.3 is 14.0 Å². The minimum atomic E-state index is 0.243. The summed E-state index contributed by atoms with van der Waals surface area (Å²) in [5.74, 6) is 1.09. The van der Waals surface area contributed by atoms with Crippen LogP contribution in [-0.4, -0.2) is 54.5 Å². The topological polar surface area (TPSA) is 39.5 Å². The first-order valence-corrected chi connectivity index (χ1v) is 6.41. The molecule has 0 saturated heterocycles. The fraction of sp³-hybridized carbons (Fsp3) is 0.769. The molecule has 0 radical (unpaired) electrons. The average Bonchev–Trinajstić information content (AvgIpc) is 3.02. The number of imidazole rings is 1.